The number of likely N-dealkylation sites (tertiary alicyclic amines) is 1. The third-order valence-corrected chi connectivity index (χ3v) is 3.84. The molecule has 3 nitrogen and oxygen atoms in total. The number of hydrogen-bond acceptors (Lipinski definition) is 2. The molecule has 17 heavy (non-hydrogen) atoms. The molecule has 1 fully saturated rings. The Morgan fingerprint density at radius 3 is 2.41 bits per heavy atom. The topological polar surface area (TPSA) is 29.5 Å². The van der Waals surface area contributed by atoms with Crippen LogP contribution in [0, 0.1) is 5.92 Å². The van der Waals surface area contributed by atoms with E-state index in [1.54, 1.807) is 0 Å². The average molecular weight is 306 g/mol. The minimum Gasteiger partial charge on any atom is -0.377 e. The van der Waals surface area contributed by atoms with E-state index in [0.717, 1.165) is 50.7 Å². The summed E-state index contributed by atoms with van der Waals surface area (Å²) >= 11 is 3.36. The molecular formula is C13H24BrNO2. The number of rotatable bonds is 6. The van der Waals surface area contributed by atoms with E-state index in [-0.39, 0.29) is 5.92 Å². The number of ether oxygens (including phenoxy) is 1. The number of nitrogens with zero attached hydrogens (tertiary/aromatic N) is 1. The third-order valence-electron chi connectivity index (χ3n) is 3.52. The van der Waals surface area contributed by atoms with Crippen molar-refractivity contribution in [1.82, 2.24) is 4.90 Å². The van der Waals surface area contributed by atoms with Crippen LogP contribution in [-0.4, -0.2) is 41.9 Å². The van der Waals surface area contributed by atoms with E-state index in [4.69, 9.17) is 4.74 Å². The van der Waals surface area contributed by atoms with Gasteiger partial charge in [0.1, 0.15) is 0 Å². The first-order chi connectivity index (χ1) is 8.22. The summed E-state index contributed by atoms with van der Waals surface area (Å²) in [5.41, 5.74) is 0. The fraction of sp³-hybridized carbons (Fsp3) is 0.923. The van der Waals surface area contributed by atoms with Crippen LogP contribution < -0.4 is 0 Å². The van der Waals surface area contributed by atoms with Gasteiger partial charge < -0.3 is 9.64 Å². The minimum atomic E-state index is 0.218. The molecule has 0 N–H and O–H groups in total. The highest BCUT2D eigenvalue weighted by Gasteiger charge is 2.26. The highest BCUT2D eigenvalue weighted by Crippen LogP contribution is 2.18. The van der Waals surface area contributed by atoms with E-state index >= 15 is 0 Å². The van der Waals surface area contributed by atoms with Crippen LogP contribution in [0.2, 0.25) is 0 Å². The van der Waals surface area contributed by atoms with Crippen LogP contribution in [0.1, 0.15) is 39.5 Å². The van der Waals surface area contributed by atoms with Crippen LogP contribution in [0.3, 0.4) is 0 Å². The molecule has 1 amide bonds. The van der Waals surface area contributed by atoms with E-state index in [0.29, 0.717) is 12.0 Å². The molecule has 0 aromatic rings. The van der Waals surface area contributed by atoms with Gasteiger partial charge in [0.15, 0.2) is 0 Å². The summed E-state index contributed by atoms with van der Waals surface area (Å²) in [5, 5.41) is 0.889. The summed E-state index contributed by atoms with van der Waals surface area (Å²) < 4.78 is 5.69. The molecule has 1 aliphatic rings. The van der Waals surface area contributed by atoms with Gasteiger partial charge in [0, 0.05) is 24.3 Å². The monoisotopic (exact) mass is 305 g/mol. The molecule has 0 aliphatic carbocycles. The molecule has 1 heterocycles. The molecule has 1 aliphatic heterocycles. The van der Waals surface area contributed by atoms with E-state index in [2.05, 4.69) is 29.8 Å². The molecule has 0 unspecified atom stereocenters. The fourth-order valence-electron chi connectivity index (χ4n) is 2.35. The highest BCUT2D eigenvalue weighted by molar-refractivity contribution is 9.09. The molecular weight excluding hydrogens is 282 g/mol. The lowest BCUT2D eigenvalue weighted by atomic mass is 9.99. The lowest BCUT2D eigenvalue weighted by Crippen LogP contribution is -2.43. The normalized spacial score (nSPS) is 17.8. The Morgan fingerprint density at radius 1 is 1.35 bits per heavy atom. The standard InChI is InChI=1S/C13H24BrNO2/c1-3-11(4-2)13(16)15-8-5-12(6-9-15)17-10-7-14/h11-12H,3-10H2,1-2H3. The minimum absolute atomic E-state index is 0.218. The van der Waals surface area contributed by atoms with Crippen LogP contribution in [0.15, 0.2) is 0 Å². The first-order valence-electron chi connectivity index (χ1n) is 6.69. The summed E-state index contributed by atoms with van der Waals surface area (Å²) in [7, 11) is 0. The second-order valence-electron chi connectivity index (χ2n) is 4.60. The summed E-state index contributed by atoms with van der Waals surface area (Å²) in [5.74, 6) is 0.559. The van der Waals surface area contributed by atoms with Gasteiger partial charge >= 0.3 is 0 Å². The third kappa shape index (κ3) is 4.59. The van der Waals surface area contributed by atoms with Gasteiger partial charge in [0.25, 0.3) is 0 Å². The van der Waals surface area contributed by atoms with Gasteiger partial charge in [-0.3, -0.25) is 4.79 Å². The van der Waals surface area contributed by atoms with E-state index < -0.39 is 0 Å². The van der Waals surface area contributed by atoms with Gasteiger partial charge in [-0.05, 0) is 25.7 Å². The molecule has 0 spiro atoms. The lowest BCUT2D eigenvalue weighted by molar-refractivity contribution is -0.138. The first kappa shape index (κ1) is 15.0. The van der Waals surface area contributed by atoms with Crippen molar-refractivity contribution in [2.45, 2.75) is 45.6 Å². The van der Waals surface area contributed by atoms with E-state index in [1.165, 1.54) is 0 Å². The van der Waals surface area contributed by atoms with Crippen LogP contribution in [0.5, 0.6) is 0 Å². The Bertz CT molecular complexity index is 223. The van der Waals surface area contributed by atoms with Crippen LogP contribution in [-0.2, 0) is 9.53 Å². The van der Waals surface area contributed by atoms with Crippen molar-refractivity contribution in [3.63, 3.8) is 0 Å². The molecule has 0 aromatic carbocycles. The van der Waals surface area contributed by atoms with Gasteiger partial charge in [0.2, 0.25) is 5.91 Å². The average Bonchev–Trinajstić information content (AvgIpc) is 2.38. The van der Waals surface area contributed by atoms with Gasteiger partial charge in [-0.2, -0.15) is 0 Å². The second kappa shape index (κ2) is 8.09. The summed E-state index contributed by atoms with van der Waals surface area (Å²) in [6.07, 6.45) is 4.22. The van der Waals surface area contributed by atoms with E-state index in [9.17, 15) is 4.79 Å². The second-order valence-corrected chi connectivity index (χ2v) is 5.39. The SMILES string of the molecule is CCC(CC)C(=O)N1CCC(OCCBr)CC1. The van der Waals surface area contributed by atoms with Crippen molar-refractivity contribution in [2.24, 2.45) is 5.92 Å². The smallest absolute Gasteiger partial charge is 0.225 e. The number of halogens is 1. The predicted octanol–water partition coefficient (Wildman–Crippen LogP) is 2.83. The Morgan fingerprint density at radius 2 is 1.94 bits per heavy atom. The molecule has 0 saturated carbocycles. The number of piperidine rings is 1. The maximum Gasteiger partial charge on any atom is 0.225 e. The van der Waals surface area contributed by atoms with Gasteiger partial charge in [-0.1, -0.05) is 29.8 Å². The van der Waals surface area contributed by atoms with Crippen molar-refractivity contribution in [3.8, 4) is 0 Å². The predicted molar refractivity (Wildman–Crippen MR) is 73.4 cm³/mol. The van der Waals surface area contributed by atoms with Gasteiger partial charge in [-0.15, -0.1) is 0 Å². The maximum absolute atomic E-state index is 12.2. The Hall–Kier alpha value is -0.0900. The summed E-state index contributed by atoms with van der Waals surface area (Å²) in [6.45, 7) is 6.69. The van der Waals surface area contributed by atoms with Crippen LogP contribution in [0.4, 0.5) is 0 Å². The molecule has 0 radical (unpaired) electrons. The molecule has 100 valence electrons. The van der Waals surface area contributed by atoms with Crippen LogP contribution in [0.25, 0.3) is 0 Å². The highest BCUT2D eigenvalue weighted by atomic mass is 79.9. The largest absolute Gasteiger partial charge is 0.377 e. The molecule has 4 heteroatoms. The van der Waals surface area contributed by atoms with E-state index in [1.807, 2.05) is 4.90 Å². The molecule has 0 aromatic heterocycles. The number of carbonyl (C=O) groups excluding carboxylic acids is 1. The Kier molecular flexibility index (Phi) is 7.12. The van der Waals surface area contributed by atoms with Crippen LogP contribution >= 0.6 is 15.9 Å². The maximum atomic E-state index is 12.2. The zero-order chi connectivity index (χ0) is 12.7. The van der Waals surface area contributed by atoms with Crippen molar-refractivity contribution < 1.29 is 9.53 Å². The number of carbonyl (C=O) groups is 1. The molecule has 0 bridgehead atoms. The Balaban J connectivity index is 2.33. The Labute approximate surface area is 113 Å². The number of hydrogen-bond donors (Lipinski definition) is 0. The summed E-state index contributed by atoms with van der Waals surface area (Å²) in [4.78, 5) is 14.2. The molecule has 1 saturated heterocycles. The molecule has 0 atom stereocenters. The zero-order valence-corrected chi connectivity index (χ0v) is 12.5. The first-order valence-corrected chi connectivity index (χ1v) is 7.81. The number of amides is 1. The lowest BCUT2D eigenvalue weighted by Gasteiger charge is -2.33. The van der Waals surface area contributed by atoms with Crippen molar-refractivity contribution in [1.29, 1.82) is 0 Å². The fourth-order valence-corrected chi connectivity index (χ4v) is 2.54. The molecule has 1 rings (SSSR count). The van der Waals surface area contributed by atoms with Gasteiger partial charge in [0.05, 0.1) is 12.7 Å². The quantitative estimate of drug-likeness (QED) is 0.706. The van der Waals surface area contributed by atoms with Gasteiger partial charge in [-0.25, -0.2) is 0 Å². The van der Waals surface area contributed by atoms with Crippen molar-refractivity contribution in [2.75, 3.05) is 25.0 Å². The number of alkyl halides is 1. The van der Waals surface area contributed by atoms with Crippen molar-refractivity contribution >= 4 is 21.8 Å². The summed E-state index contributed by atoms with van der Waals surface area (Å²) in [6, 6.07) is 0. The zero-order valence-electron chi connectivity index (χ0n) is 11.0. The van der Waals surface area contributed by atoms with Crippen molar-refractivity contribution in [3.05, 3.63) is 0 Å².